The molecule has 0 atom stereocenters. The Hall–Kier alpha value is -1.07. The van der Waals surface area contributed by atoms with Crippen LogP contribution >= 0.6 is 27.7 Å². The third-order valence-corrected chi connectivity index (χ3v) is 4.71. The van der Waals surface area contributed by atoms with Crippen LogP contribution in [0.3, 0.4) is 0 Å². The molecular formula is C14H15BrN2OS. The molecule has 0 unspecified atom stereocenters. The fourth-order valence-corrected chi connectivity index (χ4v) is 2.82. The molecule has 3 nitrogen and oxygen atoms in total. The predicted octanol–water partition coefficient (Wildman–Crippen LogP) is 3.98. The second-order valence-electron chi connectivity index (χ2n) is 5.23. The molecule has 0 saturated heterocycles. The molecule has 1 heterocycles. The first-order chi connectivity index (χ1) is 8.88. The molecule has 5 heteroatoms. The Bertz CT molecular complexity index is 629. The average Bonchev–Trinajstić information content (AvgIpc) is 2.35. The number of aromatic nitrogens is 2. The van der Waals surface area contributed by atoms with E-state index in [9.17, 15) is 4.79 Å². The molecule has 2 aromatic rings. The van der Waals surface area contributed by atoms with Crippen molar-refractivity contribution < 1.29 is 0 Å². The van der Waals surface area contributed by atoms with Gasteiger partial charge in [-0.2, -0.15) is 0 Å². The molecule has 0 radical (unpaired) electrons. The van der Waals surface area contributed by atoms with Gasteiger partial charge in [-0.25, -0.2) is 4.98 Å². The fraction of sp³-hybridized carbons (Fsp3) is 0.286. The van der Waals surface area contributed by atoms with Crippen LogP contribution in [-0.2, 0) is 5.41 Å². The predicted molar refractivity (Wildman–Crippen MR) is 81.8 cm³/mol. The van der Waals surface area contributed by atoms with Crippen molar-refractivity contribution in [3.63, 3.8) is 0 Å². The van der Waals surface area contributed by atoms with Crippen molar-refractivity contribution in [2.75, 3.05) is 0 Å². The van der Waals surface area contributed by atoms with Gasteiger partial charge in [0.1, 0.15) is 9.50 Å². The van der Waals surface area contributed by atoms with Gasteiger partial charge >= 0.3 is 0 Å². The number of aromatic amines is 1. The highest BCUT2D eigenvalue weighted by Crippen LogP contribution is 2.31. The van der Waals surface area contributed by atoms with Gasteiger partial charge in [-0.1, -0.05) is 44.7 Å². The molecule has 100 valence electrons. The lowest BCUT2D eigenvalue weighted by Crippen LogP contribution is -2.10. The Morgan fingerprint density at radius 2 is 1.84 bits per heavy atom. The molecule has 0 bridgehead atoms. The number of nitrogens with zero attached hydrogens (tertiary/aromatic N) is 1. The van der Waals surface area contributed by atoms with Gasteiger partial charge in [0.15, 0.2) is 0 Å². The largest absolute Gasteiger partial charge is 0.312 e. The Balaban J connectivity index is 2.25. The highest BCUT2D eigenvalue weighted by molar-refractivity contribution is 9.10. The molecule has 1 N–H and O–H groups in total. The first-order valence-corrected chi connectivity index (χ1v) is 7.50. The van der Waals surface area contributed by atoms with Crippen molar-refractivity contribution in [1.82, 2.24) is 9.97 Å². The molecular weight excluding hydrogens is 324 g/mol. The van der Waals surface area contributed by atoms with Crippen LogP contribution < -0.4 is 5.56 Å². The van der Waals surface area contributed by atoms with Crippen molar-refractivity contribution in [2.45, 2.75) is 36.1 Å². The molecule has 0 aliphatic heterocycles. The number of rotatable bonds is 2. The minimum Gasteiger partial charge on any atom is -0.312 e. The van der Waals surface area contributed by atoms with Crippen LogP contribution in [0, 0.1) is 0 Å². The van der Waals surface area contributed by atoms with E-state index < -0.39 is 0 Å². The third-order valence-electron chi connectivity index (χ3n) is 2.70. The maximum Gasteiger partial charge on any atom is 0.266 e. The molecule has 1 aromatic heterocycles. The smallest absolute Gasteiger partial charge is 0.266 e. The topological polar surface area (TPSA) is 45.8 Å². The van der Waals surface area contributed by atoms with Crippen LogP contribution in [-0.4, -0.2) is 9.97 Å². The summed E-state index contributed by atoms with van der Waals surface area (Å²) in [5.41, 5.74) is 1.27. The number of halogens is 1. The van der Waals surface area contributed by atoms with E-state index in [-0.39, 0.29) is 11.0 Å². The summed E-state index contributed by atoms with van der Waals surface area (Å²) in [6.07, 6.45) is 1.42. The fourth-order valence-electron chi connectivity index (χ4n) is 1.57. The molecule has 1 aromatic carbocycles. The summed E-state index contributed by atoms with van der Waals surface area (Å²) < 4.78 is 0.472. The van der Waals surface area contributed by atoms with Crippen LogP contribution in [0.5, 0.6) is 0 Å². The van der Waals surface area contributed by atoms with Gasteiger partial charge in [-0.05, 0) is 39.0 Å². The lowest BCUT2D eigenvalue weighted by atomic mass is 9.87. The average molecular weight is 339 g/mol. The van der Waals surface area contributed by atoms with Crippen molar-refractivity contribution in [1.29, 1.82) is 0 Å². The maximum atomic E-state index is 11.5. The minimum absolute atomic E-state index is 0.145. The third kappa shape index (κ3) is 3.48. The Morgan fingerprint density at radius 1 is 1.21 bits per heavy atom. The summed E-state index contributed by atoms with van der Waals surface area (Å²) in [6, 6.07) is 8.34. The van der Waals surface area contributed by atoms with Gasteiger partial charge < -0.3 is 4.98 Å². The van der Waals surface area contributed by atoms with Crippen LogP contribution in [0.4, 0.5) is 0 Å². The SMILES string of the molecule is CC(C)(C)c1ccc(Sc2nc[nH]c(=O)c2Br)cc1. The molecule has 0 spiro atoms. The molecule has 19 heavy (non-hydrogen) atoms. The van der Waals surface area contributed by atoms with Gasteiger partial charge in [0, 0.05) is 4.90 Å². The van der Waals surface area contributed by atoms with Crippen molar-refractivity contribution in [2.24, 2.45) is 0 Å². The molecule has 0 saturated carbocycles. The number of H-pyrrole nitrogens is 1. The summed E-state index contributed by atoms with van der Waals surface area (Å²) in [4.78, 5) is 19.2. The summed E-state index contributed by atoms with van der Waals surface area (Å²) in [6.45, 7) is 6.55. The Morgan fingerprint density at radius 3 is 2.42 bits per heavy atom. The summed E-state index contributed by atoms with van der Waals surface area (Å²) in [7, 11) is 0. The second-order valence-corrected chi connectivity index (χ2v) is 7.08. The number of benzene rings is 1. The van der Waals surface area contributed by atoms with E-state index in [2.05, 4.69) is 70.9 Å². The summed E-state index contributed by atoms with van der Waals surface area (Å²) in [5.74, 6) is 0. The van der Waals surface area contributed by atoms with Gasteiger partial charge in [-0.15, -0.1) is 0 Å². The maximum absolute atomic E-state index is 11.5. The monoisotopic (exact) mass is 338 g/mol. The van der Waals surface area contributed by atoms with Gasteiger partial charge in [0.05, 0.1) is 6.33 Å². The standard InChI is InChI=1S/C14H15BrN2OS/c1-14(2,3)9-4-6-10(7-5-9)19-13-11(15)12(18)16-8-17-13/h4-8H,1-3H3,(H,16,17,18). The van der Waals surface area contributed by atoms with E-state index in [0.29, 0.717) is 9.50 Å². The Kier molecular flexibility index (Phi) is 4.16. The normalized spacial score (nSPS) is 11.6. The molecule has 0 aliphatic carbocycles. The number of hydrogen-bond donors (Lipinski definition) is 1. The van der Waals surface area contributed by atoms with E-state index in [1.165, 1.54) is 23.7 Å². The van der Waals surface area contributed by atoms with E-state index >= 15 is 0 Å². The molecule has 0 amide bonds. The van der Waals surface area contributed by atoms with Crippen molar-refractivity contribution >= 4 is 27.7 Å². The highest BCUT2D eigenvalue weighted by Gasteiger charge is 2.13. The molecule has 0 aliphatic rings. The van der Waals surface area contributed by atoms with E-state index in [1.807, 2.05) is 0 Å². The summed E-state index contributed by atoms with van der Waals surface area (Å²) >= 11 is 4.73. The minimum atomic E-state index is -0.163. The number of hydrogen-bond acceptors (Lipinski definition) is 3. The first-order valence-electron chi connectivity index (χ1n) is 5.89. The summed E-state index contributed by atoms with van der Waals surface area (Å²) in [5, 5.41) is 0.673. The lowest BCUT2D eigenvalue weighted by Gasteiger charge is -2.19. The van der Waals surface area contributed by atoms with E-state index in [0.717, 1.165) is 4.90 Å². The van der Waals surface area contributed by atoms with E-state index in [4.69, 9.17) is 0 Å². The van der Waals surface area contributed by atoms with Gasteiger partial charge in [-0.3, -0.25) is 4.79 Å². The van der Waals surface area contributed by atoms with Crippen LogP contribution in [0.15, 0.2) is 49.8 Å². The highest BCUT2D eigenvalue weighted by atomic mass is 79.9. The van der Waals surface area contributed by atoms with Gasteiger partial charge in [0.25, 0.3) is 5.56 Å². The van der Waals surface area contributed by atoms with E-state index in [1.54, 1.807) is 0 Å². The molecule has 2 rings (SSSR count). The lowest BCUT2D eigenvalue weighted by molar-refractivity contribution is 0.590. The zero-order valence-electron chi connectivity index (χ0n) is 11.0. The Labute approximate surface area is 125 Å². The quantitative estimate of drug-likeness (QED) is 0.842. The zero-order chi connectivity index (χ0) is 14.0. The number of nitrogens with one attached hydrogen (secondary N) is 1. The first kappa shape index (κ1) is 14.3. The second kappa shape index (κ2) is 5.51. The van der Waals surface area contributed by atoms with Crippen LogP contribution in [0.1, 0.15) is 26.3 Å². The zero-order valence-corrected chi connectivity index (χ0v) is 13.4. The molecule has 0 fully saturated rings. The van der Waals surface area contributed by atoms with Crippen molar-refractivity contribution in [3.8, 4) is 0 Å². The van der Waals surface area contributed by atoms with Crippen LogP contribution in [0.2, 0.25) is 0 Å². The van der Waals surface area contributed by atoms with Crippen LogP contribution in [0.25, 0.3) is 0 Å². The van der Waals surface area contributed by atoms with Crippen molar-refractivity contribution in [3.05, 3.63) is 51.0 Å². The van der Waals surface area contributed by atoms with Gasteiger partial charge in [0.2, 0.25) is 0 Å².